The molecule has 2 aliphatic heterocycles. The van der Waals surface area contributed by atoms with Gasteiger partial charge < -0.3 is 14.8 Å². The quantitative estimate of drug-likeness (QED) is 0.266. The second kappa shape index (κ2) is 9.37. The molecule has 0 amide bonds. The van der Waals surface area contributed by atoms with E-state index in [4.69, 9.17) is 9.47 Å². The molecule has 1 N–H and O–H groups in total. The Balaban J connectivity index is 1.47. The van der Waals surface area contributed by atoms with Crippen molar-refractivity contribution in [2.75, 3.05) is 6.54 Å². The zero-order valence-electron chi connectivity index (χ0n) is 20.5. The molecular formula is C33H23N3O2. The molecule has 0 bridgehead atoms. The van der Waals surface area contributed by atoms with E-state index in [0.29, 0.717) is 0 Å². The first-order valence-electron chi connectivity index (χ1n) is 12.5. The van der Waals surface area contributed by atoms with Gasteiger partial charge in [0, 0.05) is 58.0 Å². The van der Waals surface area contributed by atoms with Crippen LogP contribution in [0.4, 0.5) is 0 Å². The first-order chi connectivity index (χ1) is 18.8. The molecule has 4 aromatic carbocycles. The number of para-hydroxylation sites is 2. The number of hydrogen-bond donors (Lipinski definition) is 1. The van der Waals surface area contributed by atoms with Crippen molar-refractivity contribution in [1.29, 1.82) is 0 Å². The van der Waals surface area contributed by atoms with E-state index in [1.54, 1.807) is 18.6 Å². The van der Waals surface area contributed by atoms with Gasteiger partial charge in [0.15, 0.2) is 0 Å². The number of dihydropyridines is 1. The highest BCUT2D eigenvalue weighted by molar-refractivity contribution is 5.84. The predicted octanol–water partition coefficient (Wildman–Crippen LogP) is 7.88. The standard InChI is InChI=1S/C33H23N3O2/c1-3-10-30-24(7-1)25-8-2-4-11-31(25)38-33-20-23(29-21-34-17-18-36-29)13-15-27(33)26-14-12-22(19-32(26)37-30)28-9-5-6-16-35-28/h1-15,17-21,35H,16H2. The van der Waals surface area contributed by atoms with E-state index < -0.39 is 0 Å². The molecule has 0 saturated carbocycles. The first kappa shape index (κ1) is 22.1. The van der Waals surface area contributed by atoms with Crippen LogP contribution >= 0.6 is 0 Å². The summed E-state index contributed by atoms with van der Waals surface area (Å²) in [6.07, 6.45) is 11.4. The molecule has 0 fully saturated rings. The molecule has 0 spiro atoms. The van der Waals surface area contributed by atoms with Crippen LogP contribution in [0.15, 0.2) is 122 Å². The minimum Gasteiger partial charge on any atom is -0.456 e. The van der Waals surface area contributed by atoms with Gasteiger partial charge in [-0.05, 0) is 42.5 Å². The lowest BCUT2D eigenvalue weighted by Crippen LogP contribution is -2.14. The van der Waals surface area contributed by atoms with Crippen molar-refractivity contribution in [1.82, 2.24) is 15.3 Å². The Labute approximate surface area is 220 Å². The normalized spacial score (nSPS) is 13.3. The molecule has 5 nitrogen and oxygen atoms in total. The summed E-state index contributed by atoms with van der Waals surface area (Å²) in [5.74, 6) is 3.00. The van der Waals surface area contributed by atoms with Gasteiger partial charge in [-0.2, -0.15) is 0 Å². The van der Waals surface area contributed by atoms with Gasteiger partial charge in [0.05, 0.1) is 11.9 Å². The summed E-state index contributed by atoms with van der Waals surface area (Å²) in [5.41, 5.74) is 7.62. The maximum Gasteiger partial charge on any atom is 0.136 e. The fourth-order valence-corrected chi connectivity index (χ4v) is 4.89. The SMILES string of the molecule is C1=CCNC(c2ccc3c(c2)Oc2ccccc2-c2ccccc2Oc2cc(-c4cnccn4)ccc2-3)=C1. The summed E-state index contributed by atoms with van der Waals surface area (Å²) in [6.45, 7) is 0.797. The highest BCUT2D eigenvalue weighted by Crippen LogP contribution is 2.47. The van der Waals surface area contributed by atoms with Crippen LogP contribution in [0.2, 0.25) is 0 Å². The Morgan fingerprint density at radius 1 is 0.632 bits per heavy atom. The molecule has 38 heavy (non-hydrogen) atoms. The molecule has 7 rings (SSSR count). The Morgan fingerprint density at radius 2 is 1.26 bits per heavy atom. The Hall–Kier alpha value is -5.16. The summed E-state index contributed by atoms with van der Waals surface area (Å²) in [4.78, 5) is 8.74. The van der Waals surface area contributed by atoms with E-state index in [2.05, 4.69) is 69.9 Å². The number of rotatable bonds is 2. The first-order valence-corrected chi connectivity index (χ1v) is 12.5. The van der Waals surface area contributed by atoms with Crippen molar-refractivity contribution in [3.05, 3.63) is 127 Å². The minimum atomic E-state index is 0.718. The van der Waals surface area contributed by atoms with Gasteiger partial charge in [-0.15, -0.1) is 0 Å². The van der Waals surface area contributed by atoms with Gasteiger partial charge in [0.25, 0.3) is 0 Å². The molecule has 3 heterocycles. The average Bonchev–Trinajstić information content (AvgIpc) is 2.99. The van der Waals surface area contributed by atoms with Gasteiger partial charge in [0.2, 0.25) is 0 Å². The number of benzene rings is 4. The molecule has 0 atom stereocenters. The number of hydrogen-bond acceptors (Lipinski definition) is 5. The van der Waals surface area contributed by atoms with E-state index in [-0.39, 0.29) is 0 Å². The van der Waals surface area contributed by atoms with Crippen molar-refractivity contribution in [3.63, 3.8) is 0 Å². The summed E-state index contributed by atoms with van der Waals surface area (Å²) in [6, 6.07) is 28.6. The summed E-state index contributed by atoms with van der Waals surface area (Å²) >= 11 is 0. The second-order valence-electron chi connectivity index (χ2n) is 9.10. The summed E-state index contributed by atoms with van der Waals surface area (Å²) in [5, 5.41) is 3.45. The van der Waals surface area contributed by atoms with Crippen LogP contribution in [-0.2, 0) is 0 Å². The smallest absolute Gasteiger partial charge is 0.136 e. The second-order valence-corrected chi connectivity index (χ2v) is 9.10. The number of ether oxygens (including phenoxy) is 2. The van der Waals surface area contributed by atoms with Gasteiger partial charge >= 0.3 is 0 Å². The average molecular weight is 494 g/mol. The topological polar surface area (TPSA) is 56.3 Å². The van der Waals surface area contributed by atoms with Crippen LogP contribution in [0.5, 0.6) is 23.0 Å². The molecule has 182 valence electrons. The van der Waals surface area contributed by atoms with E-state index in [1.165, 1.54) is 0 Å². The van der Waals surface area contributed by atoms with Crippen LogP contribution in [0.3, 0.4) is 0 Å². The fraction of sp³-hybridized carbons (Fsp3) is 0.0303. The minimum absolute atomic E-state index is 0.718. The van der Waals surface area contributed by atoms with Crippen LogP contribution in [0, 0.1) is 0 Å². The number of fused-ring (bicyclic) bond motifs is 6. The molecule has 5 heteroatoms. The molecule has 2 aliphatic rings. The van der Waals surface area contributed by atoms with Gasteiger partial charge in [-0.1, -0.05) is 60.7 Å². The molecule has 0 radical (unpaired) electrons. The highest BCUT2D eigenvalue weighted by Gasteiger charge is 2.21. The van der Waals surface area contributed by atoms with Crippen molar-refractivity contribution >= 4 is 5.70 Å². The fourth-order valence-electron chi connectivity index (χ4n) is 4.89. The molecule has 0 unspecified atom stereocenters. The van der Waals surface area contributed by atoms with E-state index in [0.717, 1.165) is 74.3 Å². The Kier molecular flexibility index (Phi) is 5.44. The number of nitrogens with zero attached hydrogens (tertiary/aromatic N) is 2. The van der Waals surface area contributed by atoms with Crippen LogP contribution in [0.25, 0.3) is 39.2 Å². The summed E-state index contributed by atoms with van der Waals surface area (Å²) < 4.78 is 13.4. The molecule has 5 aromatic rings. The Morgan fingerprint density at radius 3 is 1.89 bits per heavy atom. The zero-order valence-corrected chi connectivity index (χ0v) is 20.5. The van der Waals surface area contributed by atoms with Crippen molar-refractivity contribution in [3.8, 4) is 56.5 Å². The van der Waals surface area contributed by atoms with Crippen molar-refractivity contribution in [2.45, 2.75) is 0 Å². The van der Waals surface area contributed by atoms with Gasteiger partial charge in [0.1, 0.15) is 23.0 Å². The van der Waals surface area contributed by atoms with Crippen molar-refractivity contribution < 1.29 is 9.47 Å². The molecule has 0 saturated heterocycles. The number of aromatic nitrogens is 2. The highest BCUT2D eigenvalue weighted by atomic mass is 16.5. The van der Waals surface area contributed by atoms with Crippen LogP contribution in [-0.4, -0.2) is 16.5 Å². The van der Waals surface area contributed by atoms with Gasteiger partial charge in [-0.3, -0.25) is 9.97 Å². The molecular weight excluding hydrogens is 470 g/mol. The zero-order chi connectivity index (χ0) is 25.3. The van der Waals surface area contributed by atoms with E-state index >= 15 is 0 Å². The third-order valence-electron chi connectivity index (χ3n) is 6.74. The number of allylic oxidation sites excluding steroid dienone is 2. The number of nitrogens with one attached hydrogen (secondary N) is 1. The Bertz CT molecular complexity index is 1720. The lowest BCUT2D eigenvalue weighted by Gasteiger charge is -2.22. The summed E-state index contributed by atoms with van der Waals surface area (Å²) in [7, 11) is 0. The van der Waals surface area contributed by atoms with E-state index in [9.17, 15) is 0 Å². The van der Waals surface area contributed by atoms with E-state index in [1.807, 2.05) is 48.5 Å². The monoisotopic (exact) mass is 493 g/mol. The van der Waals surface area contributed by atoms with Crippen LogP contribution in [0.1, 0.15) is 5.56 Å². The predicted molar refractivity (Wildman–Crippen MR) is 150 cm³/mol. The lowest BCUT2D eigenvalue weighted by atomic mass is 9.97. The maximum absolute atomic E-state index is 6.73. The molecule has 0 aliphatic carbocycles. The maximum atomic E-state index is 6.73. The third kappa shape index (κ3) is 4.00. The third-order valence-corrected chi connectivity index (χ3v) is 6.74. The molecule has 1 aromatic heterocycles. The largest absolute Gasteiger partial charge is 0.456 e. The lowest BCUT2D eigenvalue weighted by molar-refractivity contribution is 0.472. The van der Waals surface area contributed by atoms with Crippen LogP contribution < -0.4 is 14.8 Å². The van der Waals surface area contributed by atoms with Gasteiger partial charge in [-0.25, -0.2) is 0 Å². The van der Waals surface area contributed by atoms with Crippen molar-refractivity contribution in [2.24, 2.45) is 0 Å².